The second-order valence-electron chi connectivity index (χ2n) is 1.42. The average Bonchev–Trinajstić information content (AvgIpc) is 1.56. The first-order valence-corrected chi connectivity index (χ1v) is 3.94. The molecule has 11 heavy (non-hydrogen) atoms. The van der Waals surface area contributed by atoms with Crippen molar-refractivity contribution in [1.82, 2.24) is 4.72 Å². The lowest BCUT2D eigenvalue weighted by Gasteiger charge is -2.07. The van der Waals surface area contributed by atoms with Crippen LogP contribution in [-0.4, -0.2) is 19.0 Å². The monoisotopic (exact) mass is 208 g/mol. The molecule has 0 saturated heterocycles. The van der Waals surface area contributed by atoms with Gasteiger partial charge >= 0.3 is 15.5 Å². The van der Waals surface area contributed by atoms with Crippen molar-refractivity contribution in [3.63, 3.8) is 0 Å². The predicted molar refractivity (Wildman–Crippen MR) is 34.9 cm³/mol. The second kappa shape index (κ2) is 2.81. The quantitative estimate of drug-likeness (QED) is 0.579. The number of sulfonamides is 1. The van der Waals surface area contributed by atoms with E-state index in [4.69, 9.17) is 0 Å². The summed E-state index contributed by atoms with van der Waals surface area (Å²) in [6, 6.07) is 0. The molecular weight excluding hydrogens is 205 g/mol. The van der Waals surface area contributed by atoms with Crippen molar-refractivity contribution in [3.05, 3.63) is 0 Å². The number of halogens is 3. The van der Waals surface area contributed by atoms with E-state index in [0.717, 1.165) is 4.72 Å². The van der Waals surface area contributed by atoms with Crippen molar-refractivity contribution in [2.24, 2.45) is 5.73 Å². The van der Waals surface area contributed by atoms with E-state index in [2.05, 4.69) is 18.0 Å². The SMILES string of the molecule is NC(=S)NS(=O)(=O)C(F)(F)F. The van der Waals surface area contributed by atoms with E-state index in [-0.39, 0.29) is 0 Å². The third kappa shape index (κ3) is 2.89. The van der Waals surface area contributed by atoms with Crippen molar-refractivity contribution in [2.75, 3.05) is 0 Å². The van der Waals surface area contributed by atoms with Crippen LogP contribution in [0, 0.1) is 0 Å². The van der Waals surface area contributed by atoms with Crippen LogP contribution in [0.15, 0.2) is 0 Å². The highest BCUT2D eigenvalue weighted by atomic mass is 32.2. The molecule has 0 aliphatic carbocycles. The average molecular weight is 208 g/mol. The molecule has 0 radical (unpaired) electrons. The summed E-state index contributed by atoms with van der Waals surface area (Å²) >= 11 is 3.90. The molecule has 0 unspecified atom stereocenters. The maximum atomic E-state index is 11.4. The fourth-order valence-electron chi connectivity index (χ4n) is 0.190. The second-order valence-corrected chi connectivity index (χ2v) is 3.53. The van der Waals surface area contributed by atoms with Gasteiger partial charge in [0.25, 0.3) is 0 Å². The van der Waals surface area contributed by atoms with Gasteiger partial charge in [-0.3, -0.25) is 4.72 Å². The molecule has 0 aromatic heterocycles. The first-order valence-electron chi connectivity index (χ1n) is 2.05. The molecular formula is C2H3F3N2O2S2. The molecule has 0 atom stereocenters. The molecule has 0 bridgehead atoms. The first kappa shape index (κ1) is 10.4. The van der Waals surface area contributed by atoms with E-state index in [0.29, 0.717) is 0 Å². The van der Waals surface area contributed by atoms with Crippen LogP contribution < -0.4 is 10.5 Å². The fourth-order valence-corrected chi connectivity index (χ4v) is 0.900. The van der Waals surface area contributed by atoms with Crippen molar-refractivity contribution in [3.8, 4) is 0 Å². The molecule has 4 nitrogen and oxygen atoms in total. The van der Waals surface area contributed by atoms with Crippen LogP contribution in [0.4, 0.5) is 13.2 Å². The standard InChI is InChI=1S/C2H3F3N2O2S2/c3-2(4,5)11(8,9)7-1(6)10/h(H3,6,7,10). The Morgan fingerprint density at radius 2 is 1.82 bits per heavy atom. The van der Waals surface area contributed by atoms with Crippen molar-refractivity contribution in [2.45, 2.75) is 5.51 Å². The Morgan fingerprint density at radius 1 is 1.45 bits per heavy atom. The summed E-state index contributed by atoms with van der Waals surface area (Å²) in [7, 11) is -5.41. The molecule has 66 valence electrons. The summed E-state index contributed by atoms with van der Waals surface area (Å²) in [5.41, 5.74) is -0.862. The predicted octanol–water partition coefficient (Wildman–Crippen LogP) is -0.331. The van der Waals surface area contributed by atoms with E-state index in [1.165, 1.54) is 0 Å². The van der Waals surface area contributed by atoms with Gasteiger partial charge in [0.05, 0.1) is 0 Å². The molecule has 0 fully saturated rings. The maximum Gasteiger partial charge on any atom is 0.516 e. The highest BCUT2D eigenvalue weighted by molar-refractivity contribution is 7.92. The van der Waals surface area contributed by atoms with Crippen LogP contribution >= 0.6 is 12.2 Å². The Balaban J connectivity index is 4.64. The van der Waals surface area contributed by atoms with Crippen LogP contribution in [0.3, 0.4) is 0 Å². The summed E-state index contributed by atoms with van der Waals surface area (Å²) in [6.07, 6.45) is 0. The van der Waals surface area contributed by atoms with E-state index in [9.17, 15) is 21.6 Å². The molecule has 0 saturated carbocycles. The van der Waals surface area contributed by atoms with Gasteiger partial charge in [-0.2, -0.15) is 21.6 Å². The van der Waals surface area contributed by atoms with Gasteiger partial charge in [0.1, 0.15) is 0 Å². The zero-order valence-electron chi connectivity index (χ0n) is 4.84. The van der Waals surface area contributed by atoms with E-state index >= 15 is 0 Å². The zero-order valence-corrected chi connectivity index (χ0v) is 6.48. The van der Waals surface area contributed by atoms with Gasteiger partial charge in [0, 0.05) is 0 Å². The molecule has 0 amide bonds. The van der Waals surface area contributed by atoms with Crippen LogP contribution in [0.2, 0.25) is 0 Å². The molecule has 9 heteroatoms. The Hall–Kier alpha value is -0.570. The Labute approximate surface area is 65.6 Å². The van der Waals surface area contributed by atoms with Gasteiger partial charge in [-0.15, -0.1) is 0 Å². The number of nitrogens with two attached hydrogens (primary N) is 1. The number of nitrogens with one attached hydrogen (secondary N) is 1. The number of hydrogen-bond donors (Lipinski definition) is 2. The molecule has 0 aromatic carbocycles. The number of hydrogen-bond acceptors (Lipinski definition) is 3. The highest BCUT2D eigenvalue weighted by Gasteiger charge is 2.46. The zero-order chi connectivity index (χ0) is 9.28. The topological polar surface area (TPSA) is 72.2 Å². The van der Waals surface area contributed by atoms with Crippen LogP contribution in [-0.2, 0) is 10.0 Å². The van der Waals surface area contributed by atoms with Gasteiger partial charge in [0.15, 0.2) is 5.11 Å². The van der Waals surface area contributed by atoms with Crippen LogP contribution in [0.5, 0.6) is 0 Å². The Bertz CT molecular complexity index is 255. The Morgan fingerprint density at radius 3 is 1.91 bits per heavy atom. The number of alkyl halides is 3. The minimum atomic E-state index is -5.41. The van der Waals surface area contributed by atoms with E-state index in [1.54, 1.807) is 0 Å². The van der Waals surface area contributed by atoms with Crippen LogP contribution in [0.1, 0.15) is 0 Å². The third-order valence-electron chi connectivity index (χ3n) is 0.540. The minimum Gasteiger partial charge on any atom is -0.376 e. The molecule has 0 aliphatic heterocycles. The van der Waals surface area contributed by atoms with Gasteiger partial charge < -0.3 is 5.73 Å². The summed E-state index contributed by atoms with van der Waals surface area (Å²) in [5, 5.41) is -0.942. The summed E-state index contributed by atoms with van der Waals surface area (Å²) < 4.78 is 55.3. The smallest absolute Gasteiger partial charge is 0.376 e. The lowest BCUT2D eigenvalue weighted by molar-refractivity contribution is -0.0442. The van der Waals surface area contributed by atoms with Crippen molar-refractivity contribution >= 4 is 27.4 Å². The Kier molecular flexibility index (Phi) is 2.67. The summed E-state index contributed by atoms with van der Waals surface area (Å²) in [6.45, 7) is 0. The summed E-state index contributed by atoms with van der Waals surface area (Å²) in [5.74, 6) is 0. The van der Waals surface area contributed by atoms with Crippen molar-refractivity contribution in [1.29, 1.82) is 0 Å². The maximum absolute atomic E-state index is 11.4. The molecule has 0 spiro atoms. The van der Waals surface area contributed by atoms with Gasteiger partial charge in [-0.25, -0.2) is 0 Å². The molecule has 0 rings (SSSR count). The normalized spacial score (nSPS) is 12.6. The van der Waals surface area contributed by atoms with E-state index < -0.39 is 20.6 Å². The lowest BCUT2D eigenvalue weighted by Crippen LogP contribution is -2.42. The lowest BCUT2D eigenvalue weighted by atomic mass is 11.3. The fraction of sp³-hybridized carbons (Fsp3) is 0.500. The first-order chi connectivity index (χ1) is 4.67. The molecule has 0 heterocycles. The van der Waals surface area contributed by atoms with E-state index in [1.807, 2.05) is 0 Å². The largest absolute Gasteiger partial charge is 0.516 e. The van der Waals surface area contributed by atoms with Gasteiger partial charge in [0.2, 0.25) is 0 Å². The van der Waals surface area contributed by atoms with Gasteiger partial charge in [-0.05, 0) is 12.2 Å². The third-order valence-corrected chi connectivity index (χ3v) is 1.87. The number of rotatable bonds is 1. The minimum absolute atomic E-state index is 0.916. The van der Waals surface area contributed by atoms with Crippen LogP contribution in [0.25, 0.3) is 0 Å². The molecule has 0 aliphatic rings. The highest BCUT2D eigenvalue weighted by Crippen LogP contribution is 2.20. The summed E-state index contributed by atoms with van der Waals surface area (Å²) in [4.78, 5) is 0. The number of thiocarbonyl (C=S) groups is 1. The molecule has 3 N–H and O–H groups in total. The van der Waals surface area contributed by atoms with Crippen molar-refractivity contribution < 1.29 is 21.6 Å². The molecule has 0 aromatic rings. The van der Waals surface area contributed by atoms with Gasteiger partial charge in [-0.1, -0.05) is 0 Å².